The summed E-state index contributed by atoms with van der Waals surface area (Å²) in [6.07, 6.45) is 3.88. The third kappa shape index (κ3) is 5.31. The fraction of sp³-hybridized carbons (Fsp3) is 0.357. The predicted molar refractivity (Wildman–Crippen MR) is 70.5 cm³/mol. The minimum absolute atomic E-state index is 0.0657. The highest BCUT2D eigenvalue weighted by Gasteiger charge is 1.99. The number of hydrogen-bond donors (Lipinski definition) is 2. The molecule has 0 aliphatic heterocycles. The number of amides is 1. The summed E-state index contributed by atoms with van der Waals surface area (Å²) in [6.45, 7) is 4.83. The van der Waals surface area contributed by atoms with E-state index in [2.05, 4.69) is 24.0 Å². The molecule has 0 aliphatic carbocycles. The third-order valence-electron chi connectivity index (χ3n) is 2.52. The average molecular weight is 232 g/mol. The van der Waals surface area contributed by atoms with Crippen LogP contribution in [0.2, 0.25) is 0 Å². The summed E-state index contributed by atoms with van der Waals surface area (Å²) in [4.78, 5) is 11.4. The summed E-state index contributed by atoms with van der Waals surface area (Å²) >= 11 is 0. The molecule has 0 fully saturated rings. The highest BCUT2D eigenvalue weighted by atomic mass is 16.1. The SMILES string of the molecule is C=CCCC(=O)NCc1ccc(CCN)cc1. The van der Waals surface area contributed by atoms with E-state index in [0.29, 0.717) is 19.5 Å². The molecule has 3 nitrogen and oxygen atoms in total. The standard InChI is InChI=1S/C14H20N2O/c1-2-3-4-14(17)16-11-13-7-5-12(6-8-13)9-10-15/h2,5-8H,1,3-4,9-11,15H2,(H,16,17). The van der Waals surface area contributed by atoms with Gasteiger partial charge in [-0.05, 0) is 30.5 Å². The molecule has 1 rings (SSSR count). The molecule has 0 spiro atoms. The lowest BCUT2D eigenvalue weighted by molar-refractivity contribution is -0.121. The fourth-order valence-electron chi connectivity index (χ4n) is 1.51. The van der Waals surface area contributed by atoms with Crippen molar-refractivity contribution < 1.29 is 4.79 Å². The number of carbonyl (C=O) groups excluding carboxylic acids is 1. The lowest BCUT2D eigenvalue weighted by atomic mass is 10.1. The molecule has 3 N–H and O–H groups in total. The van der Waals surface area contributed by atoms with Crippen LogP contribution >= 0.6 is 0 Å². The summed E-state index contributed by atoms with van der Waals surface area (Å²) in [5, 5.41) is 2.87. The van der Waals surface area contributed by atoms with E-state index in [1.807, 2.05) is 12.1 Å². The molecular formula is C14H20N2O. The van der Waals surface area contributed by atoms with Crippen molar-refractivity contribution in [1.29, 1.82) is 0 Å². The number of carbonyl (C=O) groups is 1. The van der Waals surface area contributed by atoms with Crippen molar-refractivity contribution in [3.63, 3.8) is 0 Å². The highest BCUT2D eigenvalue weighted by molar-refractivity contribution is 5.75. The molecule has 0 saturated heterocycles. The van der Waals surface area contributed by atoms with E-state index in [1.54, 1.807) is 6.08 Å². The van der Waals surface area contributed by atoms with E-state index in [9.17, 15) is 4.79 Å². The molecule has 1 amide bonds. The lowest BCUT2D eigenvalue weighted by Gasteiger charge is -2.05. The molecule has 0 bridgehead atoms. The third-order valence-corrected chi connectivity index (χ3v) is 2.52. The van der Waals surface area contributed by atoms with Gasteiger partial charge in [0, 0.05) is 13.0 Å². The first kappa shape index (κ1) is 13.5. The van der Waals surface area contributed by atoms with Gasteiger partial charge in [-0.15, -0.1) is 6.58 Å². The molecule has 0 aliphatic rings. The molecule has 0 atom stereocenters. The number of nitrogens with two attached hydrogens (primary N) is 1. The number of nitrogens with one attached hydrogen (secondary N) is 1. The smallest absolute Gasteiger partial charge is 0.220 e. The average Bonchev–Trinajstić information content (AvgIpc) is 2.36. The second kappa shape index (κ2) is 7.63. The summed E-state index contributed by atoms with van der Waals surface area (Å²) in [5.41, 5.74) is 7.82. The van der Waals surface area contributed by atoms with Gasteiger partial charge in [-0.1, -0.05) is 30.3 Å². The van der Waals surface area contributed by atoms with Gasteiger partial charge in [0.2, 0.25) is 5.91 Å². The van der Waals surface area contributed by atoms with Crippen molar-refractivity contribution in [3.05, 3.63) is 48.0 Å². The molecule has 1 aromatic rings. The van der Waals surface area contributed by atoms with Gasteiger partial charge in [-0.2, -0.15) is 0 Å². The first-order chi connectivity index (χ1) is 8.26. The van der Waals surface area contributed by atoms with Crippen molar-refractivity contribution in [2.24, 2.45) is 5.73 Å². The van der Waals surface area contributed by atoms with E-state index < -0.39 is 0 Å². The Hall–Kier alpha value is -1.61. The maximum absolute atomic E-state index is 11.4. The number of rotatable bonds is 7. The van der Waals surface area contributed by atoms with Gasteiger partial charge in [0.05, 0.1) is 0 Å². The van der Waals surface area contributed by atoms with Gasteiger partial charge in [-0.25, -0.2) is 0 Å². The second-order valence-corrected chi connectivity index (χ2v) is 3.96. The van der Waals surface area contributed by atoms with Gasteiger partial charge in [-0.3, -0.25) is 4.79 Å². The first-order valence-corrected chi connectivity index (χ1v) is 5.91. The van der Waals surface area contributed by atoms with Crippen LogP contribution in [-0.4, -0.2) is 12.5 Å². The van der Waals surface area contributed by atoms with Crippen LogP contribution in [0.4, 0.5) is 0 Å². The van der Waals surface area contributed by atoms with Gasteiger partial charge in [0.15, 0.2) is 0 Å². The molecule has 0 radical (unpaired) electrons. The Kier molecular flexibility index (Phi) is 6.04. The largest absolute Gasteiger partial charge is 0.352 e. The van der Waals surface area contributed by atoms with Crippen LogP contribution in [0.1, 0.15) is 24.0 Å². The Balaban J connectivity index is 2.36. The van der Waals surface area contributed by atoms with Gasteiger partial charge in [0.1, 0.15) is 0 Å². The van der Waals surface area contributed by atoms with Crippen LogP contribution in [0, 0.1) is 0 Å². The Bertz CT molecular complexity index is 357. The molecule has 3 heteroatoms. The number of allylic oxidation sites excluding steroid dienone is 1. The number of hydrogen-bond acceptors (Lipinski definition) is 2. The predicted octanol–water partition coefficient (Wildman–Crippen LogP) is 1.77. The Morgan fingerprint density at radius 3 is 2.53 bits per heavy atom. The van der Waals surface area contributed by atoms with E-state index in [1.165, 1.54) is 5.56 Å². The van der Waals surface area contributed by atoms with Crippen LogP contribution in [0.25, 0.3) is 0 Å². The molecule has 0 heterocycles. The Labute approximate surface area is 103 Å². The molecular weight excluding hydrogens is 212 g/mol. The maximum atomic E-state index is 11.4. The summed E-state index contributed by atoms with van der Waals surface area (Å²) in [6, 6.07) is 8.16. The Morgan fingerprint density at radius 2 is 1.94 bits per heavy atom. The van der Waals surface area contributed by atoms with Crippen molar-refractivity contribution in [2.45, 2.75) is 25.8 Å². The van der Waals surface area contributed by atoms with Crippen LogP contribution in [0.5, 0.6) is 0 Å². The molecule has 1 aromatic carbocycles. The zero-order valence-corrected chi connectivity index (χ0v) is 10.1. The van der Waals surface area contributed by atoms with Gasteiger partial charge in [0.25, 0.3) is 0 Å². The minimum atomic E-state index is 0.0657. The van der Waals surface area contributed by atoms with E-state index >= 15 is 0 Å². The van der Waals surface area contributed by atoms with Crippen LogP contribution in [-0.2, 0) is 17.8 Å². The van der Waals surface area contributed by atoms with Gasteiger partial charge < -0.3 is 11.1 Å². The zero-order valence-electron chi connectivity index (χ0n) is 10.1. The van der Waals surface area contributed by atoms with Gasteiger partial charge >= 0.3 is 0 Å². The van der Waals surface area contributed by atoms with Crippen molar-refractivity contribution in [1.82, 2.24) is 5.32 Å². The summed E-state index contributed by atoms with van der Waals surface area (Å²) < 4.78 is 0. The van der Waals surface area contributed by atoms with Crippen molar-refractivity contribution in [3.8, 4) is 0 Å². The van der Waals surface area contributed by atoms with E-state index in [0.717, 1.165) is 18.4 Å². The van der Waals surface area contributed by atoms with Crippen molar-refractivity contribution >= 4 is 5.91 Å². The molecule has 0 saturated carbocycles. The van der Waals surface area contributed by atoms with Crippen molar-refractivity contribution in [2.75, 3.05) is 6.54 Å². The molecule has 0 unspecified atom stereocenters. The normalized spacial score (nSPS) is 9.94. The second-order valence-electron chi connectivity index (χ2n) is 3.96. The molecule has 0 aromatic heterocycles. The number of benzene rings is 1. The quantitative estimate of drug-likeness (QED) is 0.704. The van der Waals surface area contributed by atoms with Crippen LogP contribution in [0.3, 0.4) is 0 Å². The summed E-state index contributed by atoms with van der Waals surface area (Å²) in [7, 11) is 0. The monoisotopic (exact) mass is 232 g/mol. The molecule has 17 heavy (non-hydrogen) atoms. The lowest BCUT2D eigenvalue weighted by Crippen LogP contribution is -2.22. The van der Waals surface area contributed by atoms with E-state index in [-0.39, 0.29) is 5.91 Å². The topological polar surface area (TPSA) is 55.1 Å². The van der Waals surface area contributed by atoms with Crippen LogP contribution in [0.15, 0.2) is 36.9 Å². The van der Waals surface area contributed by atoms with E-state index in [4.69, 9.17) is 5.73 Å². The molecule has 92 valence electrons. The first-order valence-electron chi connectivity index (χ1n) is 5.91. The zero-order chi connectivity index (χ0) is 12.5. The van der Waals surface area contributed by atoms with Crippen LogP contribution < -0.4 is 11.1 Å². The summed E-state index contributed by atoms with van der Waals surface area (Å²) in [5.74, 6) is 0.0657. The highest BCUT2D eigenvalue weighted by Crippen LogP contribution is 2.04. The fourth-order valence-corrected chi connectivity index (χ4v) is 1.51. The Morgan fingerprint density at radius 1 is 1.29 bits per heavy atom. The minimum Gasteiger partial charge on any atom is -0.352 e. The maximum Gasteiger partial charge on any atom is 0.220 e.